The maximum Gasteiger partial charge on any atom is 0.239 e. The van der Waals surface area contributed by atoms with Crippen LogP contribution in [0, 0.1) is 0 Å². The van der Waals surface area contributed by atoms with Crippen LogP contribution in [0.2, 0.25) is 0 Å². The Morgan fingerprint density at radius 2 is 2.00 bits per heavy atom. The van der Waals surface area contributed by atoms with Gasteiger partial charge in [0.15, 0.2) is 4.34 Å². The van der Waals surface area contributed by atoms with Crippen LogP contribution in [-0.4, -0.2) is 53.3 Å². The highest BCUT2D eigenvalue weighted by molar-refractivity contribution is 8.01. The van der Waals surface area contributed by atoms with E-state index in [9.17, 15) is 9.59 Å². The molecule has 2 aromatic rings. The summed E-state index contributed by atoms with van der Waals surface area (Å²) in [7, 11) is 3.14. The van der Waals surface area contributed by atoms with E-state index >= 15 is 0 Å². The molecule has 0 saturated carbocycles. The van der Waals surface area contributed by atoms with Crippen molar-refractivity contribution in [1.29, 1.82) is 0 Å². The number of thioether (sulfide) groups is 1. The summed E-state index contributed by atoms with van der Waals surface area (Å²) in [5, 5.41) is 14.5. The van der Waals surface area contributed by atoms with E-state index in [-0.39, 0.29) is 24.1 Å². The molecule has 2 N–H and O–H groups in total. The van der Waals surface area contributed by atoms with Gasteiger partial charge in [-0.3, -0.25) is 9.59 Å². The van der Waals surface area contributed by atoms with E-state index in [1.165, 1.54) is 28.0 Å². The molecular formula is C15H19N5O2S2. The first-order valence-electron chi connectivity index (χ1n) is 7.27. The number of carbonyl (C=O) groups is 2. The summed E-state index contributed by atoms with van der Waals surface area (Å²) < 4.78 is 0.715. The molecule has 0 fully saturated rings. The van der Waals surface area contributed by atoms with Crippen molar-refractivity contribution in [3.63, 3.8) is 0 Å². The number of nitrogens with one attached hydrogen (secondary N) is 2. The molecule has 1 heterocycles. The first-order valence-corrected chi connectivity index (χ1v) is 9.07. The molecule has 0 spiro atoms. The summed E-state index contributed by atoms with van der Waals surface area (Å²) in [5.41, 5.74) is 1.16. The van der Waals surface area contributed by atoms with Crippen LogP contribution in [0.5, 0.6) is 0 Å². The molecule has 0 saturated heterocycles. The van der Waals surface area contributed by atoms with Gasteiger partial charge in [0.25, 0.3) is 0 Å². The van der Waals surface area contributed by atoms with Crippen molar-refractivity contribution in [2.24, 2.45) is 0 Å². The minimum atomic E-state index is -0.195. The standard InChI is InChI=1S/C15H19N5O2S2/c1-16-12(21)9-20(2)13(22)10-23-15-19-18-14(24-15)17-8-11-6-4-3-5-7-11/h3-7H,8-10H2,1-2H3,(H,16,21)(H,17,18). The fraction of sp³-hybridized carbons (Fsp3) is 0.333. The topological polar surface area (TPSA) is 87.2 Å². The first-order chi connectivity index (χ1) is 11.6. The number of nitrogens with zero attached hydrogens (tertiary/aromatic N) is 3. The normalized spacial score (nSPS) is 10.2. The molecule has 128 valence electrons. The molecule has 0 atom stereocenters. The van der Waals surface area contributed by atoms with E-state index in [2.05, 4.69) is 20.8 Å². The van der Waals surface area contributed by atoms with Crippen molar-refractivity contribution in [3.8, 4) is 0 Å². The zero-order valence-corrected chi connectivity index (χ0v) is 15.1. The highest BCUT2D eigenvalue weighted by Crippen LogP contribution is 2.25. The molecule has 24 heavy (non-hydrogen) atoms. The van der Waals surface area contributed by atoms with Crippen molar-refractivity contribution in [3.05, 3.63) is 35.9 Å². The summed E-state index contributed by atoms with van der Waals surface area (Å²) in [4.78, 5) is 24.6. The minimum absolute atomic E-state index is 0.0515. The van der Waals surface area contributed by atoms with E-state index in [1.54, 1.807) is 14.1 Å². The highest BCUT2D eigenvalue weighted by Gasteiger charge is 2.14. The average Bonchev–Trinajstić information content (AvgIpc) is 3.06. The van der Waals surface area contributed by atoms with Crippen molar-refractivity contribution >= 4 is 40.0 Å². The van der Waals surface area contributed by atoms with Crippen LogP contribution < -0.4 is 10.6 Å². The summed E-state index contributed by atoms with van der Waals surface area (Å²) in [6, 6.07) is 10.0. The zero-order chi connectivity index (χ0) is 17.4. The smallest absolute Gasteiger partial charge is 0.239 e. The van der Waals surface area contributed by atoms with Crippen molar-refractivity contribution < 1.29 is 9.59 Å². The Kier molecular flexibility index (Phi) is 7.01. The van der Waals surface area contributed by atoms with Gasteiger partial charge in [0, 0.05) is 20.6 Å². The van der Waals surface area contributed by atoms with Crippen LogP contribution in [0.15, 0.2) is 34.7 Å². The van der Waals surface area contributed by atoms with Crippen LogP contribution in [0.1, 0.15) is 5.56 Å². The second-order valence-corrected chi connectivity index (χ2v) is 7.12. The van der Waals surface area contributed by atoms with Crippen LogP contribution in [-0.2, 0) is 16.1 Å². The lowest BCUT2D eigenvalue weighted by molar-refractivity contribution is -0.132. The molecule has 1 aromatic heterocycles. The maximum absolute atomic E-state index is 12.0. The largest absolute Gasteiger partial charge is 0.358 e. The highest BCUT2D eigenvalue weighted by atomic mass is 32.2. The van der Waals surface area contributed by atoms with E-state index in [0.29, 0.717) is 16.0 Å². The Hall–Kier alpha value is -2.13. The summed E-state index contributed by atoms with van der Waals surface area (Å²) >= 11 is 2.72. The average molecular weight is 365 g/mol. The quantitative estimate of drug-likeness (QED) is 0.689. The van der Waals surface area contributed by atoms with Gasteiger partial charge in [0.05, 0.1) is 12.3 Å². The number of rotatable bonds is 8. The molecule has 0 aliphatic rings. The summed E-state index contributed by atoms with van der Waals surface area (Å²) in [6.45, 7) is 0.726. The van der Waals surface area contributed by atoms with Crippen molar-refractivity contribution in [1.82, 2.24) is 20.4 Å². The molecule has 0 unspecified atom stereocenters. The molecule has 1 aromatic carbocycles. The third-order valence-electron chi connectivity index (χ3n) is 3.10. The van der Waals surface area contributed by atoms with Gasteiger partial charge < -0.3 is 15.5 Å². The number of hydrogen-bond acceptors (Lipinski definition) is 7. The van der Waals surface area contributed by atoms with Crippen molar-refractivity contribution in [2.45, 2.75) is 10.9 Å². The lowest BCUT2D eigenvalue weighted by Crippen LogP contribution is -2.37. The van der Waals surface area contributed by atoms with Crippen LogP contribution in [0.3, 0.4) is 0 Å². The number of benzene rings is 1. The Bertz CT molecular complexity index is 678. The maximum atomic E-state index is 12.0. The third-order valence-corrected chi connectivity index (χ3v) is 5.10. The van der Waals surface area contributed by atoms with Gasteiger partial charge in [0.2, 0.25) is 16.9 Å². The molecule has 0 bridgehead atoms. The lowest BCUT2D eigenvalue weighted by Gasteiger charge is -2.15. The summed E-state index contributed by atoms with van der Waals surface area (Å²) in [6.07, 6.45) is 0. The Balaban J connectivity index is 1.77. The first kappa shape index (κ1) is 18.2. The van der Waals surface area contributed by atoms with Crippen molar-refractivity contribution in [2.75, 3.05) is 31.7 Å². The van der Waals surface area contributed by atoms with Crippen LogP contribution in [0.4, 0.5) is 5.13 Å². The van der Waals surface area contributed by atoms with E-state index in [4.69, 9.17) is 0 Å². The zero-order valence-electron chi connectivity index (χ0n) is 13.5. The predicted molar refractivity (Wildman–Crippen MR) is 96.1 cm³/mol. The van der Waals surface area contributed by atoms with Gasteiger partial charge in [-0.15, -0.1) is 10.2 Å². The van der Waals surface area contributed by atoms with Gasteiger partial charge in [-0.1, -0.05) is 53.4 Å². The fourth-order valence-electron chi connectivity index (χ4n) is 1.73. The molecule has 0 aliphatic heterocycles. The number of hydrogen-bond donors (Lipinski definition) is 2. The van der Waals surface area contributed by atoms with E-state index in [0.717, 1.165) is 5.56 Å². The van der Waals surface area contributed by atoms with Crippen LogP contribution >= 0.6 is 23.1 Å². The Morgan fingerprint density at radius 1 is 1.25 bits per heavy atom. The number of likely N-dealkylation sites (N-methyl/N-ethyl adjacent to an activating group) is 2. The fourth-order valence-corrected chi connectivity index (χ4v) is 3.42. The predicted octanol–water partition coefficient (Wildman–Crippen LogP) is 1.45. The minimum Gasteiger partial charge on any atom is -0.358 e. The SMILES string of the molecule is CNC(=O)CN(C)C(=O)CSc1nnc(NCc2ccccc2)s1. The summed E-state index contributed by atoms with van der Waals surface area (Å²) in [5.74, 6) is -0.0994. The number of aromatic nitrogens is 2. The second-order valence-electron chi connectivity index (χ2n) is 4.92. The van der Waals surface area contributed by atoms with Gasteiger partial charge in [-0.2, -0.15) is 0 Å². The van der Waals surface area contributed by atoms with Gasteiger partial charge >= 0.3 is 0 Å². The lowest BCUT2D eigenvalue weighted by atomic mass is 10.2. The van der Waals surface area contributed by atoms with Gasteiger partial charge in [-0.25, -0.2) is 0 Å². The molecular weight excluding hydrogens is 346 g/mol. The van der Waals surface area contributed by atoms with Gasteiger partial charge in [-0.05, 0) is 5.56 Å². The van der Waals surface area contributed by atoms with Gasteiger partial charge in [0.1, 0.15) is 0 Å². The molecule has 9 heteroatoms. The molecule has 0 radical (unpaired) electrons. The third kappa shape index (κ3) is 5.82. The molecule has 7 nitrogen and oxygen atoms in total. The Morgan fingerprint density at radius 3 is 2.71 bits per heavy atom. The number of anilines is 1. The van der Waals surface area contributed by atoms with Crippen LogP contribution in [0.25, 0.3) is 0 Å². The monoisotopic (exact) mass is 365 g/mol. The second kappa shape index (κ2) is 9.24. The molecule has 0 aliphatic carbocycles. The Labute approximate surface area is 148 Å². The van der Waals surface area contributed by atoms with E-state index in [1.807, 2.05) is 30.3 Å². The molecule has 2 amide bonds. The van der Waals surface area contributed by atoms with E-state index < -0.39 is 0 Å². The number of carbonyl (C=O) groups excluding carboxylic acids is 2. The molecule has 2 rings (SSSR count). The number of amides is 2.